The molecule has 0 spiro atoms. The fraction of sp³-hybridized carbons (Fsp3) is 0.261. The molecule has 0 bridgehead atoms. The Hall–Kier alpha value is -2.92. The molecule has 1 amide bonds. The average Bonchev–Trinajstić information content (AvgIpc) is 2.96. The summed E-state index contributed by atoms with van der Waals surface area (Å²) in [6, 6.07) is 15.6. The lowest BCUT2D eigenvalue weighted by Crippen LogP contribution is -2.34. The van der Waals surface area contributed by atoms with E-state index in [1.807, 2.05) is 54.7 Å². The number of fused-ring (bicyclic) bond motifs is 3. The van der Waals surface area contributed by atoms with Gasteiger partial charge in [-0.3, -0.25) is 14.7 Å². The first kappa shape index (κ1) is 18.1. The van der Waals surface area contributed by atoms with Crippen LogP contribution < -0.4 is 4.90 Å². The number of hydrogen-bond acceptors (Lipinski definition) is 4. The SMILES string of the molecule is O=C1/C(=C\N2CCCCC2)N=C2CN=C(c3ccccc3)c3cc(Cl)ccc3N12. The molecule has 3 aliphatic heterocycles. The highest BCUT2D eigenvalue weighted by Gasteiger charge is 2.35. The van der Waals surface area contributed by atoms with Gasteiger partial charge < -0.3 is 4.90 Å². The minimum Gasteiger partial charge on any atom is -0.375 e. The van der Waals surface area contributed by atoms with Gasteiger partial charge in [-0.25, -0.2) is 4.99 Å². The van der Waals surface area contributed by atoms with Crippen LogP contribution >= 0.6 is 11.6 Å². The van der Waals surface area contributed by atoms with Crippen molar-refractivity contribution >= 4 is 34.7 Å². The van der Waals surface area contributed by atoms with E-state index in [0.29, 0.717) is 23.1 Å². The van der Waals surface area contributed by atoms with Gasteiger partial charge in [0.1, 0.15) is 11.5 Å². The van der Waals surface area contributed by atoms with Crippen LogP contribution in [-0.2, 0) is 4.79 Å². The summed E-state index contributed by atoms with van der Waals surface area (Å²) < 4.78 is 0. The maximum absolute atomic E-state index is 13.3. The van der Waals surface area contributed by atoms with Gasteiger partial charge in [0, 0.05) is 35.4 Å². The molecule has 1 fully saturated rings. The van der Waals surface area contributed by atoms with Crippen LogP contribution in [0.15, 0.2) is 70.4 Å². The molecule has 29 heavy (non-hydrogen) atoms. The highest BCUT2D eigenvalue weighted by Crippen LogP contribution is 2.33. The third-order valence-corrected chi connectivity index (χ3v) is 5.74. The van der Waals surface area contributed by atoms with Crippen LogP contribution in [0.4, 0.5) is 5.69 Å². The lowest BCUT2D eigenvalue weighted by molar-refractivity contribution is -0.114. The fourth-order valence-electron chi connectivity index (χ4n) is 4.10. The number of aliphatic imine (C=N–C) groups is 2. The van der Waals surface area contributed by atoms with Gasteiger partial charge in [-0.05, 0) is 37.5 Å². The van der Waals surface area contributed by atoms with Crippen molar-refractivity contribution in [2.75, 3.05) is 24.5 Å². The fourth-order valence-corrected chi connectivity index (χ4v) is 4.27. The first-order chi connectivity index (χ1) is 14.2. The largest absolute Gasteiger partial charge is 0.375 e. The maximum atomic E-state index is 13.3. The van der Waals surface area contributed by atoms with E-state index in [-0.39, 0.29) is 5.91 Å². The van der Waals surface area contributed by atoms with Crippen molar-refractivity contribution in [2.45, 2.75) is 19.3 Å². The number of likely N-dealkylation sites (tertiary alicyclic amines) is 1. The Morgan fingerprint density at radius 3 is 2.59 bits per heavy atom. The van der Waals surface area contributed by atoms with Gasteiger partial charge in [0.15, 0.2) is 0 Å². The Kier molecular flexibility index (Phi) is 4.68. The first-order valence-electron chi connectivity index (χ1n) is 9.98. The molecule has 6 heteroatoms. The molecule has 0 aromatic heterocycles. The zero-order chi connectivity index (χ0) is 19.8. The predicted molar refractivity (Wildman–Crippen MR) is 117 cm³/mol. The van der Waals surface area contributed by atoms with Gasteiger partial charge >= 0.3 is 0 Å². The van der Waals surface area contributed by atoms with Gasteiger partial charge in [-0.1, -0.05) is 41.9 Å². The zero-order valence-corrected chi connectivity index (χ0v) is 16.8. The van der Waals surface area contributed by atoms with Crippen LogP contribution in [0, 0.1) is 0 Å². The second-order valence-corrected chi connectivity index (χ2v) is 7.91. The quantitative estimate of drug-likeness (QED) is 0.702. The van der Waals surface area contributed by atoms with E-state index in [1.54, 1.807) is 4.90 Å². The number of carbonyl (C=O) groups is 1. The Morgan fingerprint density at radius 1 is 1.00 bits per heavy atom. The van der Waals surface area contributed by atoms with Crippen LogP contribution in [0.2, 0.25) is 5.02 Å². The summed E-state index contributed by atoms with van der Waals surface area (Å²) in [7, 11) is 0. The van der Waals surface area contributed by atoms with E-state index in [4.69, 9.17) is 16.6 Å². The minimum atomic E-state index is -0.0985. The van der Waals surface area contributed by atoms with E-state index in [0.717, 1.165) is 48.5 Å². The maximum Gasteiger partial charge on any atom is 0.284 e. The van der Waals surface area contributed by atoms with Gasteiger partial charge in [0.05, 0.1) is 17.9 Å². The van der Waals surface area contributed by atoms with Crippen molar-refractivity contribution < 1.29 is 4.79 Å². The number of piperidine rings is 1. The number of hydrogen-bond donors (Lipinski definition) is 0. The number of carbonyl (C=O) groups excluding carboxylic acids is 1. The molecule has 3 heterocycles. The molecule has 0 N–H and O–H groups in total. The van der Waals surface area contributed by atoms with Crippen molar-refractivity contribution in [2.24, 2.45) is 9.98 Å². The summed E-state index contributed by atoms with van der Waals surface area (Å²) in [5.41, 5.74) is 3.94. The first-order valence-corrected chi connectivity index (χ1v) is 10.4. The van der Waals surface area contributed by atoms with Crippen molar-refractivity contribution in [3.63, 3.8) is 0 Å². The average molecular weight is 405 g/mol. The molecular formula is C23H21ClN4O. The highest BCUT2D eigenvalue weighted by atomic mass is 35.5. The van der Waals surface area contributed by atoms with Gasteiger partial charge in [0.2, 0.25) is 0 Å². The molecule has 0 radical (unpaired) electrons. The number of rotatable bonds is 2. The number of benzene rings is 2. The van der Waals surface area contributed by atoms with Crippen molar-refractivity contribution in [1.29, 1.82) is 0 Å². The molecule has 1 saturated heterocycles. The summed E-state index contributed by atoms with van der Waals surface area (Å²) in [6.07, 6.45) is 5.48. The Bertz CT molecular complexity index is 1050. The van der Waals surface area contributed by atoms with Crippen molar-refractivity contribution in [1.82, 2.24) is 4.90 Å². The van der Waals surface area contributed by atoms with Crippen LogP contribution in [0.3, 0.4) is 0 Å². The third-order valence-electron chi connectivity index (χ3n) is 5.51. The molecule has 0 aliphatic carbocycles. The van der Waals surface area contributed by atoms with E-state index >= 15 is 0 Å². The van der Waals surface area contributed by atoms with Crippen LogP contribution in [0.25, 0.3) is 0 Å². The van der Waals surface area contributed by atoms with Gasteiger partial charge in [-0.15, -0.1) is 0 Å². The minimum absolute atomic E-state index is 0.0985. The Morgan fingerprint density at radius 2 is 1.79 bits per heavy atom. The lowest BCUT2D eigenvalue weighted by Gasteiger charge is -2.25. The number of anilines is 1. The summed E-state index contributed by atoms with van der Waals surface area (Å²) in [6.45, 7) is 2.30. The summed E-state index contributed by atoms with van der Waals surface area (Å²) in [5.74, 6) is 0.562. The number of amidine groups is 1. The summed E-state index contributed by atoms with van der Waals surface area (Å²) in [4.78, 5) is 26.7. The molecule has 3 aliphatic rings. The van der Waals surface area contributed by atoms with Gasteiger partial charge in [0.25, 0.3) is 5.91 Å². The van der Waals surface area contributed by atoms with Crippen LogP contribution in [0.1, 0.15) is 30.4 Å². The summed E-state index contributed by atoms with van der Waals surface area (Å²) in [5, 5.41) is 0.614. The second kappa shape index (κ2) is 7.48. The van der Waals surface area contributed by atoms with Crippen LogP contribution in [0.5, 0.6) is 0 Å². The van der Waals surface area contributed by atoms with E-state index in [2.05, 4.69) is 9.89 Å². The molecule has 0 atom stereocenters. The third kappa shape index (κ3) is 3.36. The van der Waals surface area contributed by atoms with Crippen molar-refractivity contribution in [3.05, 3.63) is 76.6 Å². The molecule has 0 saturated carbocycles. The van der Waals surface area contributed by atoms with E-state index < -0.39 is 0 Å². The smallest absolute Gasteiger partial charge is 0.284 e. The Balaban J connectivity index is 1.59. The number of halogens is 1. The molecule has 5 rings (SSSR count). The monoisotopic (exact) mass is 404 g/mol. The normalized spacial score (nSPS) is 20.2. The standard InChI is InChI=1S/C23H21ClN4O/c24-17-9-10-20-18(13-17)22(16-7-3-1-4-8-16)25-14-21-26-19(23(29)28(20)21)15-27-11-5-2-6-12-27/h1,3-4,7-10,13,15H,2,5-6,11-12,14H2/b19-15+. The molecule has 5 nitrogen and oxygen atoms in total. The zero-order valence-electron chi connectivity index (χ0n) is 16.0. The predicted octanol–water partition coefficient (Wildman–Crippen LogP) is 4.26. The molecule has 2 aromatic carbocycles. The summed E-state index contributed by atoms with van der Waals surface area (Å²) >= 11 is 6.31. The van der Waals surface area contributed by atoms with E-state index in [1.165, 1.54) is 6.42 Å². The van der Waals surface area contributed by atoms with Gasteiger partial charge in [-0.2, -0.15) is 0 Å². The Labute approximate surface area is 175 Å². The van der Waals surface area contributed by atoms with Crippen molar-refractivity contribution in [3.8, 4) is 0 Å². The van der Waals surface area contributed by atoms with E-state index in [9.17, 15) is 4.79 Å². The topological polar surface area (TPSA) is 48.3 Å². The number of nitrogens with zero attached hydrogens (tertiary/aromatic N) is 4. The molecule has 2 aromatic rings. The molecular weight excluding hydrogens is 384 g/mol. The lowest BCUT2D eigenvalue weighted by atomic mass is 10.00. The molecule has 0 unspecified atom stereocenters. The second-order valence-electron chi connectivity index (χ2n) is 7.47. The molecule has 146 valence electrons. The van der Waals surface area contributed by atoms with Crippen LogP contribution in [-0.4, -0.2) is 42.0 Å². The highest BCUT2D eigenvalue weighted by molar-refractivity contribution is 6.34. The number of amides is 1.